The van der Waals surface area contributed by atoms with Crippen LogP contribution in [0, 0.1) is 12.8 Å². The maximum atomic E-state index is 13.0. The Morgan fingerprint density at radius 3 is 2.77 bits per heavy atom. The van der Waals surface area contributed by atoms with Crippen molar-refractivity contribution in [2.45, 2.75) is 19.5 Å². The van der Waals surface area contributed by atoms with Gasteiger partial charge in [0.15, 0.2) is 0 Å². The lowest BCUT2D eigenvalue weighted by molar-refractivity contribution is -0.117. The van der Waals surface area contributed by atoms with Crippen LogP contribution in [0.2, 0.25) is 0 Å². The molecule has 7 heteroatoms. The number of hydrogen-bond donors (Lipinski definition) is 1. The second-order valence-electron chi connectivity index (χ2n) is 6.63. The van der Waals surface area contributed by atoms with Crippen molar-refractivity contribution < 1.29 is 13.9 Å². The van der Waals surface area contributed by atoms with Crippen LogP contribution in [0.25, 0.3) is 22.2 Å². The van der Waals surface area contributed by atoms with Gasteiger partial charge in [-0.05, 0) is 37.1 Å². The largest absolute Gasteiger partial charge is 0.481 e. The van der Waals surface area contributed by atoms with Crippen LogP contribution in [-0.4, -0.2) is 33.7 Å². The molecule has 1 fully saturated rings. The van der Waals surface area contributed by atoms with E-state index in [0.717, 1.165) is 27.7 Å². The Morgan fingerprint density at radius 1 is 1.31 bits per heavy atom. The number of methoxy groups -OCH3 is 1. The first-order chi connectivity index (χ1) is 12.5. The monoisotopic (exact) mass is 354 g/mol. The molecule has 4 rings (SSSR count). The van der Waals surface area contributed by atoms with Gasteiger partial charge in [0.2, 0.25) is 11.8 Å². The minimum atomic E-state index is -1.02. The smallest absolute Gasteiger partial charge is 0.231 e. The zero-order valence-electron chi connectivity index (χ0n) is 14.8. The number of fused-ring (bicyclic) bond motifs is 1. The van der Waals surface area contributed by atoms with Gasteiger partial charge in [0.25, 0.3) is 0 Å². The number of alkyl halides is 1. The zero-order valence-corrected chi connectivity index (χ0v) is 14.8. The van der Waals surface area contributed by atoms with Gasteiger partial charge in [-0.2, -0.15) is 0 Å². The number of aromatic nitrogens is 3. The van der Waals surface area contributed by atoms with E-state index in [1.165, 1.54) is 0 Å². The van der Waals surface area contributed by atoms with E-state index >= 15 is 0 Å². The molecule has 2 atom stereocenters. The van der Waals surface area contributed by atoms with E-state index in [1.54, 1.807) is 25.6 Å². The van der Waals surface area contributed by atoms with Gasteiger partial charge in [-0.15, -0.1) is 0 Å². The SMILES string of the molecule is COc1ncc(C)cc1-c1cc2cc(NC(=O)[C@@H]3C[C@@H]3F)ncc2n1C. The minimum absolute atomic E-state index is 0.295. The summed E-state index contributed by atoms with van der Waals surface area (Å²) in [7, 11) is 3.53. The second-order valence-corrected chi connectivity index (χ2v) is 6.63. The van der Waals surface area contributed by atoms with Crippen LogP contribution in [0.5, 0.6) is 5.88 Å². The van der Waals surface area contributed by atoms with E-state index in [4.69, 9.17) is 4.74 Å². The molecular formula is C19H19FN4O2. The molecule has 0 aromatic carbocycles. The van der Waals surface area contributed by atoms with Gasteiger partial charge in [0.05, 0.1) is 36.0 Å². The lowest BCUT2D eigenvalue weighted by Gasteiger charge is -2.09. The Kier molecular flexibility index (Phi) is 3.86. The van der Waals surface area contributed by atoms with Crippen LogP contribution in [0.4, 0.5) is 10.2 Å². The molecule has 3 aromatic rings. The highest BCUT2D eigenvalue weighted by molar-refractivity contribution is 5.96. The number of nitrogens with zero attached hydrogens (tertiary/aromatic N) is 3. The maximum absolute atomic E-state index is 13.0. The normalized spacial score (nSPS) is 18.8. The van der Waals surface area contributed by atoms with Gasteiger partial charge in [0.1, 0.15) is 12.0 Å². The number of anilines is 1. The van der Waals surface area contributed by atoms with Crippen LogP contribution in [0.15, 0.2) is 30.6 Å². The predicted octanol–water partition coefficient (Wildman–Crippen LogP) is 3.25. The van der Waals surface area contributed by atoms with E-state index in [1.807, 2.05) is 30.7 Å². The lowest BCUT2D eigenvalue weighted by atomic mass is 10.1. The number of amides is 1. The fourth-order valence-electron chi connectivity index (χ4n) is 3.12. The van der Waals surface area contributed by atoms with Crippen molar-refractivity contribution in [2.75, 3.05) is 12.4 Å². The van der Waals surface area contributed by atoms with Crippen molar-refractivity contribution in [3.63, 3.8) is 0 Å². The predicted molar refractivity (Wildman–Crippen MR) is 96.9 cm³/mol. The van der Waals surface area contributed by atoms with Crippen LogP contribution in [-0.2, 0) is 11.8 Å². The average molecular weight is 354 g/mol. The van der Waals surface area contributed by atoms with E-state index in [9.17, 15) is 9.18 Å². The number of halogens is 1. The molecule has 1 aliphatic carbocycles. The Balaban J connectivity index is 1.73. The number of ether oxygens (including phenoxy) is 1. The summed E-state index contributed by atoms with van der Waals surface area (Å²) < 4.78 is 20.4. The first-order valence-electron chi connectivity index (χ1n) is 8.39. The fraction of sp³-hybridized carbons (Fsp3) is 0.316. The number of nitrogens with one attached hydrogen (secondary N) is 1. The Morgan fingerprint density at radius 2 is 2.08 bits per heavy atom. The van der Waals surface area contributed by atoms with Crippen LogP contribution in [0.3, 0.4) is 0 Å². The maximum Gasteiger partial charge on any atom is 0.231 e. The molecule has 1 amide bonds. The van der Waals surface area contributed by atoms with Crippen LogP contribution in [0.1, 0.15) is 12.0 Å². The lowest BCUT2D eigenvalue weighted by Crippen LogP contribution is -2.15. The van der Waals surface area contributed by atoms with Gasteiger partial charge in [-0.25, -0.2) is 14.4 Å². The molecule has 1 saturated carbocycles. The molecule has 0 radical (unpaired) electrons. The molecule has 0 saturated heterocycles. The topological polar surface area (TPSA) is 69.0 Å². The first-order valence-corrected chi connectivity index (χ1v) is 8.39. The highest BCUT2D eigenvalue weighted by atomic mass is 19.1. The third-order valence-corrected chi connectivity index (χ3v) is 4.69. The summed E-state index contributed by atoms with van der Waals surface area (Å²) in [5.41, 5.74) is 3.76. The summed E-state index contributed by atoms with van der Waals surface area (Å²) in [4.78, 5) is 20.5. The van der Waals surface area contributed by atoms with Gasteiger partial charge >= 0.3 is 0 Å². The third-order valence-electron chi connectivity index (χ3n) is 4.69. The van der Waals surface area contributed by atoms with Crippen molar-refractivity contribution in [1.82, 2.24) is 14.5 Å². The molecule has 0 spiro atoms. The van der Waals surface area contributed by atoms with E-state index in [0.29, 0.717) is 18.1 Å². The molecule has 0 bridgehead atoms. The highest BCUT2D eigenvalue weighted by Crippen LogP contribution is 2.36. The number of carbonyl (C=O) groups is 1. The Labute approximate surface area is 150 Å². The molecule has 1 aliphatic rings. The van der Waals surface area contributed by atoms with Crippen molar-refractivity contribution in [3.05, 3.63) is 36.2 Å². The molecular weight excluding hydrogens is 335 g/mol. The van der Waals surface area contributed by atoms with Gasteiger partial charge in [-0.1, -0.05) is 0 Å². The summed E-state index contributed by atoms with van der Waals surface area (Å²) in [6.07, 6.45) is 2.73. The first kappa shape index (κ1) is 16.5. The van der Waals surface area contributed by atoms with Crippen molar-refractivity contribution >= 4 is 22.6 Å². The molecule has 3 aromatic heterocycles. The van der Waals surface area contributed by atoms with Gasteiger partial charge in [-0.3, -0.25) is 4.79 Å². The standard InChI is InChI=1S/C19H19FN4O2/c1-10-4-13(19(26-3)22-8-10)15-5-11-6-17(21-9-16(11)24(15)2)23-18(25)12-7-14(12)20/h4-6,8-9,12,14H,7H2,1-3H3,(H,21,23,25)/t12-,14+/m1/s1. The van der Waals surface area contributed by atoms with Crippen molar-refractivity contribution in [3.8, 4) is 17.1 Å². The van der Waals surface area contributed by atoms with E-state index in [-0.39, 0.29) is 5.91 Å². The van der Waals surface area contributed by atoms with E-state index in [2.05, 4.69) is 15.3 Å². The fourth-order valence-corrected chi connectivity index (χ4v) is 3.12. The number of hydrogen-bond acceptors (Lipinski definition) is 4. The average Bonchev–Trinajstić information content (AvgIpc) is 3.27. The summed E-state index contributed by atoms with van der Waals surface area (Å²) in [5.74, 6) is 0.116. The molecule has 26 heavy (non-hydrogen) atoms. The molecule has 134 valence electrons. The number of rotatable bonds is 4. The van der Waals surface area contributed by atoms with Crippen LogP contribution >= 0.6 is 0 Å². The molecule has 0 unspecified atom stereocenters. The summed E-state index contributed by atoms with van der Waals surface area (Å²) in [6.45, 7) is 1.98. The summed E-state index contributed by atoms with van der Waals surface area (Å²) >= 11 is 0. The molecule has 3 heterocycles. The van der Waals surface area contributed by atoms with Crippen molar-refractivity contribution in [1.29, 1.82) is 0 Å². The minimum Gasteiger partial charge on any atom is -0.481 e. The molecule has 1 N–H and O–H groups in total. The quantitative estimate of drug-likeness (QED) is 0.781. The number of pyridine rings is 2. The molecule has 6 nitrogen and oxygen atoms in total. The van der Waals surface area contributed by atoms with E-state index < -0.39 is 12.1 Å². The summed E-state index contributed by atoms with van der Waals surface area (Å²) in [5, 5.41) is 3.61. The Bertz CT molecular complexity index is 1010. The zero-order chi connectivity index (χ0) is 18.4. The molecule has 0 aliphatic heterocycles. The third kappa shape index (κ3) is 2.79. The highest BCUT2D eigenvalue weighted by Gasteiger charge is 2.43. The summed E-state index contributed by atoms with van der Waals surface area (Å²) in [6, 6.07) is 5.81. The Hall–Kier alpha value is -2.96. The second kappa shape index (κ2) is 6.09. The number of carbonyl (C=O) groups excluding carboxylic acids is 1. The van der Waals surface area contributed by atoms with Crippen molar-refractivity contribution in [2.24, 2.45) is 13.0 Å². The van der Waals surface area contributed by atoms with Gasteiger partial charge in [0, 0.05) is 18.6 Å². The van der Waals surface area contributed by atoms with Gasteiger partial charge < -0.3 is 14.6 Å². The number of aryl methyl sites for hydroxylation is 2. The van der Waals surface area contributed by atoms with Crippen LogP contribution < -0.4 is 10.1 Å².